The molecule has 1 heterocycles. The van der Waals surface area contributed by atoms with Gasteiger partial charge in [0.1, 0.15) is 5.60 Å². The molecule has 0 bridgehead atoms. The van der Waals surface area contributed by atoms with E-state index in [0.717, 1.165) is 13.1 Å². The minimum absolute atomic E-state index is 0.0819. The van der Waals surface area contributed by atoms with E-state index in [1.54, 1.807) is 0 Å². The predicted octanol–water partition coefficient (Wildman–Crippen LogP) is 2.20. The summed E-state index contributed by atoms with van der Waals surface area (Å²) >= 11 is 0. The van der Waals surface area contributed by atoms with E-state index in [1.165, 1.54) is 12.8 Å². The van der Waals surface area contributed by atoms with E-state index in [4.69, 9.17) is 4.74 Å². The molecule has 1 rings (SSSR count). The first-order chi connectivity index (χ1) is 6.88. The van der Waals surface area contributed by atoms with Crippen LogP contribution in [-0.2, 0) is 9.53 Å². The zero-order valence-electron chi connectivity index (χ0n) is 10.4. The Labute approximate surface area is 92.8 Å². The second-order valence-electron chi connectivity index (χ2n) is 5.36. The summed E-state index contributed by atoms with van der Waals surface area (Å²) in [6.07, 6.45) is 3.03. The summed E-state index contributed by atoms with van der Waals surface area (Å²) in [4.78, 5) is 13.8. The largest absolute Gasteiger partial charge is 0.460 e. The second kappa shape index (κ2) is 4.97. The third kappa shape index (κ3) is 4.65. The lowest BCUT2D eigenvalue weighted by molar-refractivity contribution is -0.155. The van der Waals surface area contributed by atoms with Gasteiger partial charge < -0.3 is 9.64 Å². The maximum Gasteiger partial charge on any atom is 0.307 e. The van der Waals surface area contributed by atoms with Gasteiger partial charge in [-0.3, -0.25) is 4.79 Å². The number of likely N-dealkylation sites (tertiary alicyclic amines) is 1. The third-order valence-electron chi connectivity index (χ3n) is 2.71. The van der Waals surface area contributed by atoms with Gasteiger partial charge in [0.15, 0.2) is 0 Å². The van der Waals surface area contributed by atoms with Gasteiger partial charge >= 0.3 is 5.97 Å². The smallest absolute Gasteiger partial charge is 0.307 e. The fourth-order valence-corrected chi connectivity index (χ4v) is 1.95. The van der Waals surface area contributed by atoms with E-state index >= 15 is 0 Å². The summed E-state index contributed by atoms with van der Waals surface area (Å²) in [6, 6.07) is 0.632. The molecule has 88 valence electrons. The van der Waals surface area contributed by atoms with Gasteiger partial charge in [-0.25, -0.2) is 0 Å². The summed E-state index contributed by atoms with van der Waals surface area (Å²) < 4.78 is 5.27. The summed E-state index contributed by atoms with van der Waals surface area (Å²) in [5.41, 5.74) is -0.353. The molecule has 1 aliphatic heterocycles. The molecular formula is C12H23NO2. The van der Waals surface area contributed by atoms with Crippen molar-refractivity contribution in [2.24, 2.45) is 0 Å². The molecule has 1 atom stereocenters. The SMILES string of the molecule is CC1CCCN1CCC(=O)OC(C)(C)C. The lowest BCUT2D eigenvalue weighted by atomic mass is 10.2. The van der Waals surface area contributed by atoms with Crippen molar-refractivity contribution in [2.45, 2.75) is 58.6 Å². The second-order valence-corrected chi connectivity index (χ2v) is 5.36. The van der Waals surface area contributed by atoms with Crippen molar-refractivity contribution in [1.82, 2.24) is 4.90 Å². The maximum atomic E-state index is 11.5. The number of nitrogens with zero attached hydrogens (tertiary/aromatic N) is 1. The number of carbonyl (C=O) groups excluding carboxylic acids is 1. The Morgan fingerprint density at radius 3 is 2.60 bits per heavy atom. The zero-order chi connectivity index (χ0) is 11.5. The number of carbonyl (C=O) groups is 1. The van der Waals surface area contributed by atoms with Crippen LogP contribution in [0.3, 0.4) is 0 Å². The minimum atomic E-state index is -0.353. The first-order valence-electron chi connectivity index (χ1n) is 5.84. The Balaban J connectivity index is 2.22. The number of esters is 1. The van der Waals surface area contributed by atoms with Crippen LogP contribution in [0.4, 0.5) is 0 Å². The van der Waals surface area contributed by atoms with Crippen molar-refractivity contribution in [3.8, 4) is 0 Å². The lowest BCUT2D eigenvalue weighted by Gasteiger charge is -2.23. The van der Waals surface area contributed by atoms with E-state index in [0.29, 0.717) is 12.5 Å². The molecule has 0 aromatic rings. The van der Waals surface area contributed by atoms with E-state index in [2.05, 4.69) is 11.8 Å². The molecule has 1 fully saturated rings. The first-order valence-corrected chi connectivity index (χ1v) is 5.84. The Kier molecular flexibility index (Phi) is 4.14. The Hall–Kier alpha value is -0.570. The number of hydrogen-bond donors (Lipinski definition) is 0. The highest BCUT2D eigenvalue weighted by Gasteiger charge is 2.22. The van der Waals surface area contributed by atoms with E-state index in [-0.39, 0.29) is 11.6 Å². The normalized spacial score (nSPS) is 23.1. The molecule has 0 radical (unpaired) electrons. The molecule has 1 unspecified atom stereocenters. The first kappa shape index (κ1) is 12.5. The standard InChI is InChI=1S/C12H23NO2/c1-10-6-5-8-13(10)9-7-11(14)15-12(2,3)4/h10H,5-9H2,1-4H3. The molecule has 3 heteroatoms. The van der Waals surface area contributed by atoms with Gasteiger partial charge in [-0.1, -0.05) is 0 Å². The number of ether oxygens (including phenoxy) is 1. The molecule has 15 heavy (non-hydrogen) atoms. The van der Waals surface area contributed by atoms with Crippen LogP contribution in [0.25, 0.3) is 0 Å². The monoisotopic (exact) mass is 213 g/mol. The van der Waals surface area contributed by atoms with Crippen LogP contribution in [0.15, 0.2) is 0 Å². The van der Waals surface area contributed by atoms with Crippen molar-refractivity contribution < 1.29 is 9.53 Å². The zero-order valence-corrected chi connectivity index (χ0v) is 10.4. The molecule has 0 aromatic carbocycles. The average Bonchev–Trinajstić information content (AvgIpc) is 2.44. The highest BCUT2D eigenvalue weighted by atomic mass is 16.6. The highest BCUT2D eigenvalue weighted by molar-refractivity contribution is 5.70. The highest BCUT2D eigenvalue weighted by Crippen LogP contribution is 2.17. The quantitative estimate of drug-likeness (QED) is 0.673. The van der Waals surface area contributed by atoms with Gasteiger partial charge in [0.2, 0.25) is 0 Å². The molecule has 1 aliphatic rings. The molecule has 3 nitrogen and oxygen atoms in total. The van der Waals surface area contributed by atoms with Crippen LogP contribution in [-0.4, -0.2) is 35.6 Å². The van der Waals surface area contributed by atoms with Crippen molar-refractivity contribution in [1.29, 1.82) is 0 Å². The van der Waals surface area contributed by atoms with Crippen LogP contribution >= 0.6 is 0 Å². The fourth-order valence-electron chi connectivity index (χ4n) is 1.95. The van der Waals surface area contributed by atoms with Crippen LogP contribution in [0.5, 0.6) is 0 Å². The van der Waals surface area contributed by atoms with Gasteiger partial charge in [0.25, 0.3) is 0 Å². The number of hydrogen-bond acceptors (Lipinski definition) is 3. The Bertz CT molecular complexity index is 220. The fraction of sp³-hybridized carbons (Fsp3) is 0.917. The Morgan fingerprint density at radius 1 is 1.47 bits per heavy atom. The number of rotatable bonds is 3. The van der Waals surface area contributed by atoms with Crippen molar-refractivity contribution >= 4 is 5.97 Å². The molecule has 0 spiro atoms. The van der Waals surface area contributed by atoms with Crippen LogP contribution in [0, 0.1) is 0 Å². The van der Waals surface area contributed by atoms with E-state index in [1.807, 2.05) is 20.8 Å². The topological polar surface area (TPSA) is 29.5 Å². The van der Waals surface area contributed by atoms with Gasteiger partial charge in [-0.15, -0.1) is 0 Å². The van der Waals surface area contributed by atoms with Crippen molar-refractivity contribution in [3.05, 3.63) is 0 Å². The molecular weight excluding hydrogens is 190 g/mol. The molecule has 0 aliphatic carbocycles. The minimum Gasteiger partial charge on any atom is -0.460 e. The van der Waals surface area contributed by atoms with Gasteiger partial charge in [-0.05, 0) is 47.1 Å². The van der Waals surface area contributed by atoms with Crippen LogP contribution in [0.2, 0.25) is 0 Å². The molecule has 0 aromatic heterocycles. The Morgan fingerprint density at radius 2 is 2.13 bits per heavy atom. The summed E-state index contributed by atoms with van der Waals surface area (Å²) in [5, 5.41) is 0. The van der Waals surface area contributed by atoms with Crippen molar-refractivity contribution in [2.75, 3.05) is 13.1 Å². The summed E-state index contributed by atoms with van der Waals surface area (Å²) in [7, 11) is 0. The van der Waals surface area contributed by atoms with Gasteiger partial charge in [0.05, 0.1) is 6.42 Å². The van der Waals surface area contributed by atoms with Crippen LogP contribution < -0.4 is 0 Å². The van der Waals surface area contributed by atoms with Gasteiger partial charge in [-0.2, -0.15) is 0 Å². The van der Waals surface area contributed by atoms with E-state index < -0.39 is 0 Å². The molecule has 0 saturated carbocycles. The average molecular weight is 213 g/mol. The third-order valence-corrected chi connectivity index (χ3v) is 2.71. The van der Waals surface area contributed by atoms with E-state index in [9.17, 15) is 4.79 Å². The van der Waals surface area contributed by atoms with Crippen LogP contribution in [0.1, 0.15) is 47.0 Å². The molecule has 0 amide bonds. The van der Waals surface area contributed by atoms with Crippen molar-refractivity contribution in [3.63, 3.8) is 0 Å². The molecule has 0 N–H and O–H groups in total. The van der Waals surface area contributed by atoms with Gasteiger partial charge in [0, 0.05) is 12.6 Å². The maximum absolute atomic E-state index is 11.5. The summed E-state index contributed by atoms with van der Waals surface area (Å²) in [6.45, 7) is 9.91. The predicted molar refractivity (Wildman–Crippen MR) is 60.7 cm³/mol. The molecule has 1 saturated heterocycles. The summed E-state index contributed by atoms with van der Waals surface area (Å²) in [5.74, 6) is -0.0819. The lowest BCUT2D eigenvalue weighted by Crippen LogP contribution is -2.31.